The standard InChI is InChI=1S/C19H37BrO/c1-6-7-8-9-10-16(2)21-19(15-20)13-11-17(12-14-19)18(3,4)5/h16-17H,6-15H2,1-5H3. The maximum atomic E-state index is 6.52. The quantitative estimate of drug-likeness (QED) is 0.344. The highest BCUT2D eigenvalue weighted by atomic mass is 79.9. The maximum absolute atomic E-state index is 6.52. The topological polar surface area (TPSA) is 9.23 Å². The van der Waals surface area contributed by atoms with Gasteiger partial charge in [-0.25, -0.2) is 0 Å². The molecule has 0 aromatic heterocycles. The normalized spacial score (nSPS) is 28.6. The average Bonchev–Trinajstić information content (AvgIpc) is 2.43. The van der Waals surface area contributed by atoms with Crippen LogP contribution in [-0.4, -0.2) is 17.0 Å². The number of unbranched alkanes of at least 4 members (excludes halogenated alkanes) is 3. The molecule has 0 N–H and O–H groups in total. The van der Waals surface area contributed by atoms with Gasteiger partial charge in [-0.3, -0.25) is 0 Å². The molecule has 1 nitrogen and oxygen atoms in total. The molecule has 1 rings (SSSR count). The zero-order chi connectivity index (χ0) is 15.9. The second-order valence-corrected chi connectivity index (χ2v) is 8.80. The number of alkyl halides is 1. The Morgan fingerprint density at radius 3 is 2.24 bits per heavy atom. The van der Waals surface area contributed by atoms with E-state index in [1.807, 2.05) is 0 Å². The highest BCUT2D eigenvalue weighted by Crippen LogP contribution is 2.44. The van der Waals surface area contributed by atoms with Gasteiger partial charge >= 0.3 is 0 Å². The number of ether oxygens (including phenoxy) is 1. The van der Waals surface area contributed by atoms with Gasteiger partial charge in [0.25, 0.3) is 0 Å². The first-order valence-electron chi connectivity index (χ1n) is 9.07. The molecular formula is C19H37BrO. The minimum Gasteiger partial charge on any atom is -0.371 e. The Labute approximate surface area is 141 Å². The minimum atomic E-state index is 0.103. The smallest absolute Gasteiger partial charge is 0.0782 e. The Bertz CT molecular complexity index is 274. The van der Waals surface area contributed by atoms with Crippen LogP contribution in [0.1, 0.15) is 92.4 Å². The van der Waals surface area contributed by atoms with Crippen LogP contribution in [0.5, 0.6) is 0 Å². The van der Waals surface area contributed by atoms with Crippen molar-refractivity contribution in [3.05, 3.63) is 0 Å². The van der Waals surface area contributed by atoms with Crippen LogP contribution >= 0.6 is 15.9 Å². The molecule has 0 aromatic rings. The van der Waals surface area contributed by atoms with Crippen molar-refractivity contribution in [2.45, 2.75) is 104 Å². The van der Waals surface area contributed by atoms with Gasteiger partial charge < -0.3 is 4.74 Å². The summed E-state index contributed by atoms with van der Waals surface area (Å²) in [6.45, 7) is 11.7. The van der Waals surface area contributed by atoms with Crippen molar-refractivity contribution in [2.24, 2.45) is 11.3 Å². The predicted octanol–water partition coefficient (Wildman–Crippen LogP) is 6.73. The monoisotopic (exact) mass is 360 g/mol. The first kappa shape index (κ1) is 19.5. The van der Waals surface area contributed by atoms with E-state index in [2.05, 4.69) is 50.5 Å². The lowest BCUT2D eigenvalue weighted by Gasteiger charge is -2.44. The molecule has 0 aliphatic heterocycles. The number of halogens is 1. The summed E-state index contributed by atoms with van der Waals surface area (Å²) in [6, 6.07) is 0. The van der Waals surface area contributed by atoms with Gasteiger partial charge in [-0.15, -0.1) is 0 Å². The summed E-state index contributed by atoms with van der Waals surface area (Å²) in [6.07, 6.45) is 12.1. The second kappa shape index (κ2) is 8.91. The molecule has 1 aliphatic carbocycles. The third-order valence-electron chi connectivity index (χ3n) is 5.28. The van der Waals surface area contributed by atoms with Crippen molar-refractivity contribution in [3.63, 3.8) is 0 Å². The van der Waals surface area contributed by atoms with Crippen LogP contribution < -0.4 is 0 Å². The van der Waals surface area contributed by atoms with Crippen LogP contribution in [-0.2, 0) is 4.74 Å². The Hall–Kier alpha value is 0.440. The lowest BCUT2D eigenvalue weighted by atomic mass is 9.69. The molecule has 0 spiro atoms. The fourth-order valence-corrected chi connectivity index (χ4v) is 4.33. The molecule has 21 heavy (non-hydrogen) atoms. The van der Waals surface area contributed by atoms with E-state index in [0.717, 1.165) is 11.2 Å². The van der Waals surface area contributed by atoms with Crippen molar-refractivity contribution < 1.29 is 4.74 Å². The van der Waals surface area contributed by atoms with Crippen molar-refractivity contribution in [1.29, 1.82) is 0 Å². The largest absolute Gasteiger partial charge is 0.371 e. The molecule has 1 aliphatic rings. The number of rotatable bonds is 8. The molecular weight excluding hydrogens is 324 g/mol. The summed E-state index contributed by atoms with van der Waals surface area (Å²) in [5.41, 5.74) is 0.552. The molecule has 2 heteroatoms. The van der Waals surface area contributed by atoms with Gasteiger partial charge in [0, 0.05) is 5.33 Å². The van der Waals surface area contributed by atoms with Crippen LogP contribution in [0.25, 0.3) is 0 Å². The predicted molar refractivity (Wildman–Crippen MR) is 97.2 cm³/mol. The van der Waals surface area contributed by atoms with E-state index < -0.39 is 0 Å². The highest BCUT2D eigenvalue weighted by Gasteiger charge is 2.39. The lowest BCUT2D eigenvalue weighted by Crippen LogP contribution is -2.43. The van der Waals surface area contributed by atoms with Crippen molar-refractivity contribution in [2.75, 3.05) is 5.33 Å². The summed E-state index contributed by atoms with van der Waals surface area (Å²) in [5, 5.41) is 0.996. The molecule has 0 amide bonds. The Morgan fingerprint density at radius 2 is 1.76 bits per heavy atom. The number of hydrogen-bond donors (Lipinski definition) is 0. The lowest BCUT2D eigenvalue weighted by molar-refractivity contribution is -0.106. The Balaban J connectivity index is 2.40. The summed E-state index contributed by atoms with van der Waals surface area (Å²) in [5.74, 6) is 0.855. The first-order valence-corrected chi connectivity index (χ1v) is 10.2. The van der Waals surface area contributed by atoms with Gasteiger partial charge in [0.2, 0.25) is 0 Å². The van der Waals surface area contributed by atoms with E-state index in [-0.39, 0.29) is 5.60 Å². The molecule has 126 valence electrons. The molecule has 1 saturated carbocycles. The van der Waals surface area contributed by atoms with E-state index in [4.69, 9.17) is 4.74 Å². The SMILES string of the molecule is CCCCCCC(C)OC1(CBr)CCC(C(C)(C)C)CC1. The average molecular weight is 361 g/mol. The van der Waals surface area contributed by atoms with Crippen LogP contribution in [0.2, 0.25) is 0 Å². The third kappa shape index (κ3) is 6.60. The Kier molecular flexibility index (Phi) is 8.27. The minimum absolute atomic E-state index is 0.103. The molecule has 0 aromatic carbocycles. The van der Waals surface area contributed by atoms with E-state index in [1.165, 1.54) is 57.8 Å². The van der Waals surface area contributed by atoms with Gasteiger partial charge in [-0.1, -0.05) is 69.3 Å². The van der Waals surface area contributed by atoms with Gasteiger partial charge in [-0.05, 0) is 50.4 Å². The van der Waals surface area contributed by atoms with Gasteiger partial charge in [0.1, 0.15) is 0 Å². The van der Waals surface area contributed by atoms with Crippen LogP contribution in [0.15, 0.2) is 0 Å². The highest BCUT2D eigenvalue weighted by molar-refractivity contribution is 9.09. The molecule has 1 unspecified atom stereocenters. The third-order valence-corrected chi connectivity index (χ3v) is 6.30. The summed E-state index contributed by atoms with van der Waals surface area (Å²) in [7, 11) is 0. The number of hydrogen-bond acceptors (Lipinski definition) is 1. The zero-order valence-electron chi connectivity index (χ0n) is 15.0. The van der Waals surface area contributed by atoms with Gasteiger partial charge in [0.15, 0.2) is 0 Å². The summed E-state index contributed by atoms with van der Waals surface area (Å²) < 4.78 is 6.52. The van der Waals surface area contributed by atoms with Gasteiger partial charge in [-0.2, -0.15) is 0 Å². The fourth-order valence-electron chi connectivity index (χ4n) is 3.64. The summed E-state index contributed by atoms with van der Waals surface area (Å²) in [4.78, 5) is 0. The molecule has 0 saturated heterocycles. The fraction of sp³-hybridized carbons (Fsp3) is 1.00. The van der Waals surface area contributed by atoms with Crippen molar-refractivity contribution in [1.82, 2.24) is 0 Å². The molecule has 0 bridgehead atoms. The zero-order valence-corrected chi connectivity index (χ0v) is 16.6. The van der Waals surface area contributed by atoms with E-state index in [0.29, 0.717) is 11.5 Å². The van der Waals surface area contributed by atoms with E-state index >= 15 is 0 Å². The summed E-state index contributed by atoms with van der Waals surface area (Å²) >= 11 is 3.74. The first-order chi connectivity index (χ1) is 9.83. The van der Waals surface area contributed by atoms with Crippen LogP contribution in [0.4, 0.5) is 0 Å². The van der Waals surface area contributed by atoms with Crippen LogP contribution in [0, 0.1) is 11.3 Å². The van der Waals surface area contributed by atoms with E-state index in [9.17, 15) is 0 Å². The molecule has 0 radical (unpaired) electrons. The van der Waals surface area contributed by atoms with Gasteiger partial charge in [0.05, 0.1) is 11.7 Å². The molecule has 1 atom stereocenters. The van der Waals surface area contributed by atoms with Crippen molar-refractivity contribution in [3.8, 4) is 0 Å². The second-order valence-electron chi connectivity index (χ2n) is 8.23. The van der Waals surface area contributed by atoms with Crippen molar-refractivity contribution >= 4 is 15.9 Å². The Morgan fingerprint density at radius 1 is 1.14 bits per heavy atom. The molecule has 0 heterocycles. The molecule has 1 fully saturated rings. The van der Waals surface area contributed by atoms with E-state index in [1.54, 1.807) is 0 Å². The maximum Gasteiger partial charge on any atom is 0.0782 e. The van der Waals surface area contributed by atoms with Crippen LogP contribution in [0.3, 0.4) is 0 Å².